The zero-order chi connectivity index (χ0) is 14.9. The molecule has 116 valence electrons. The van der Waals surface area contributed by atoms with E-state index < -0.39 is 10.0 Å². The topological polar surface area (TPSA) is 72.4 Å². The van der Waals surface area contributed by atoms with Crippen molar-refractivity contribution < 1.29 is 13.2 Å². The van der Waals surface area contributed by atoms with Crippen LogP contribution in [0.25, 0.3) is 0 Å². The third-order valence-electron chi connectivity index (χ3n) is 4.35. The fourth-order valence-electron chi connectivity index (χ4n) is 3.09. The van der Waals surface area contributed by atoms with Gasteiger partial charge < -0.3 is 4.74 Å². The largest absolute Gasteiger partial charge is 0.381 e. The number of fused-ring (bicyclic) bond motifs is 1. The average molecular weight is 311 g/mol. The highest BCUT2D eigenvalue weighted by molar-refractivity contribution is 7.89. The van der Waals surface area contributed by atoms with Gasteiger partial charge >= 0.3 is 0 Å². The van der Waals surface area contributed by atoms with Gasteiger partial charge in [0.25, 0.3) is 0 Å². The zero-order valence-corrected chi connectivity index (χ0v) is 13.1. The number of rotatable bonds is 3. The summed E-state index contributed by atoms with van der Waals surface area (Å²) in [5.74, 6) is 0.481. The van der Waals surface area contributed by atoms with Gasteiger partial charge in [-0.2, -0.15) is 0 Å². The van der Waals surface area contributed by atoms with Gasteiger partial charge in [-0.3, -0.25) is 0 Å². The number of aromatic nitrogens is 2. The molecule has 2 aliphatic heterocycles. The van der Waals surface area contributed by atoms with E-state index in [0.717, 1.165) is 30.0 Å². The molecule has 3 heterocycles. The van der Waals surface area contributed by atoms with Crippen LogP contribution in [0.15, 0.2) is 6.33 Å². The van der Waals surface area contributed by atoms with Crippen LogP contribution in [-0.2, 0) is 27.6 Å². The van der Waals surface area contributed by atoms with Crippen molar-refractivity contribution in [1.29, 1.82) is 0 Å². The van der Waals surface area contributed by atoms with Crippen molar-refractivity contribution in [3.63, 3.8) is 0 Å². The molecule has 21 heavy (non-hydrogen) atoms. The molecule has 1 aromatic heterocycles. The molecular formula is C14H21N3O3S. The van der Waals surface area contributed by atoms with Crippen molar-refractivity contribution in [1.82, 2.24) is 14.3 Å². The third kappa shape index (κ3) is 2.95. The van der Waals surface area contributed by atoms with Crippen molar-refractivity contribution >= 4 is 10.0 Å². The lowest BCUT2D eigenvalue weighted by atomic mass is 9.96. The Kier molecular flexibility index (Phi) is 4.24. The smallest absolute Gasteiger partial charge is 0.213 e. The number of nitrogens with zero attached hydrogens (tertiary/aromatic N) is 3. The van der Waals surface area contributed by atoms with E-state index in [4.69, 9.17) is 4.74 Å². The van der Waals surface area contributed by atoms with Crippen molar-refractivity contribution in [2.24, 2.45) is 0 Å². The molecule has 2 aliphatic rings. The minimum atomic E-state index is -3.13. The number of hydrogen-bond donors (Lipinski definition) is 0. The quantitative estimate of drug-likeness (QED) is 0.823. The van der Waals surface area contributed by atoms with Gasteiger partial charge in [0.15, 0.2) is 0 Å². The second kappa shape index (κ2) is 5.98. The molecule has 0 unspecified atom stereocenters. The summed E-state index contributed by atoms with van der Waals surface area (Å²) < 4.78 is 31.2. The van der Waals surface area contributed by atoms with Gasteiger partial charge in [-0.15, -0.1) is 0 Å². The fourth-order valence-corrected chi connectivity index (χ4v) is 4.20. The first-order valence-electron chi connectivity index (χ1n) is 7.50. The Morgan fingerprint density at radius 3 is 2.86 bits per heavy atom. The number of sulfonamides is 1. The fraction of sp³-hybridized carbons (Fsp3) is 0.714. The number of ether oxygens (including phenoxy) is 1. The Morgan fingerprint density at radius 2 is 2.14 bits per heavy atom. The lowest BCUT2D eigenvalue weighted by Crippen LogP contribution is -2.34. The molecule has 0 aromatic carbocycles. The van der Waals surface area contributed by atoms with Gasteiger partial charge in [0.2, 0.25) is 10.0 Å². The first-order chi connectivity index (χ1) is 10.1. The summed E-state index contributed by atoms with van der Waals surface area (Å²) in [5.41, 5.74) is 3.20. The van der Waals surface area contributed by atoms with Crippen LogP contribution in [0.5, 0.6) is 0 Å². The highest BCUT2D eigenvalue weighted by atomic mass is 32.2. The van der Waals surface area contributed by atoms with E-state index in [1.165, 1.54) is 0 Å². The maximum atomic E-state index is 12.1. The second-order valence-electron chi connectivity index (χ2n) is 5.54. The zero-order valence-electron chi connectivity index (χ0n) is 12.3. The van der Waals surface area contributed by atoms with Crippen LogP contribution >= 0.6 is 0 Å². The van der Waals surface area contributed by atoms with Crippen LogP contribution in [0.3, 0.4) is 0 Å². The van der Waals surface area contributed by atoms with E-state index in [-0.39, 0.29) is 5.75 Å². The lowest BCUT2D eigenvalue weighted by molar-refractivity contribution is 0.193. The SMILES string of the molecule is CCS(=O)(=O)N1CCc2ncnc([C@@H]3CCOC3)c2CC1. The highest BCUT2D eigenvalue weighted by Gasteiger charge is 2.28. The van der Waals surface area contributed by atoms with Gasteiger partial charge in [0, 0.05) is 37.7 Å². The molecule has 0 bridgehead atoms. The average Bonchev–Trinajstić information content (AvgIpc) is 2.92. The highest BCUT2D eigenvalue weighted by Crippen LogP contribution is 2.29. The molecule has 0 saturated carbocycles. The minimum Gasteiger partial charge on any atom is -0.381 e. The molecule has 1 fully saturated rings. The van der Waals surface area contributed by atoms with Crippen molar-refractivity contribution in [3.8, 4) is 0 Å². The Hall–Kier alpha value is -1.05. The molecule has 7 heteroatoms. The normalized spacial score (nSPS) is 23.8. The maximum Gasteiger partial charge on any atom is 0.213 e. The molecule has 1 aromatic rings. The Morgan fingerprint density at radius 1 is 1.33 bits per heavy atom. The molecule has 0 spiro atoms. The minimum absolute atomic E-state index is 0.151. The summed E-state index contributed by atoms with van der Waals surface area (Å²) in [6.07, 6.45) is 3.95. The summed E-state index contributed by atoms with van der Waals surface area (Å²) in [7, 11) is -3.13. The van der Waals surface area contributed by atoms with E-state index in [2.05, 4.69) is 9.97 Å². The molecule has 0 aliphatic carbocycles. The van der Waals surface area contributed by atoms with Gasteiger partial charge in [-0.25, -0.2) is 22.7 Å². The lowest BCUT2D eigenvalue weighted by Gasteiger charge is -2.18. The molecule has 3 rings (SSSR count). The Labute approximate surface area is 125 Å². The summed E-state index contributed by atoms with van der Waals surface area (Å²) in [5, 5.41) is 0. The Bertz CT molecular complexity index is 612. The van der Waals surface area contributed by atoms with Crippen LogP contribution in [0, 0.1) is 0 Å². The van der Waals surface area contributed by atoms with Crippen LogP contribution in [0.4, 0.5) is 0 Å². The summed E-state index contributed by atoms with van der Waals surface area (Å²) in [4.78, 5) is 8.84. The van der Waals surface area contributed by atoms with E-state index in [1.807, 2.05) is 0 Å². The summed E-state index contributed by atoms with van der Waals surface area (Å²) in [6.45, 7) is 4.21. The monoisotopic (exact) mass is 311 g/mol. The Balaban J connectivity index is 1.87. The van der Waals surface area contributed by atoms with Crippen LogP contribution in [0.1, 0.15) is 36.2 Å². The second-order valence-corrected chi connectivity index (χ2v) is 7.80. The molecule has 0 amide bonds. The first kappa shape index (κ1) is 14.9. The van der Waals surface area contributed by atoms with Crippen molar-refractivity contribution in [3.05, 3.63) is 23.3 Å². The van der Waals surface area contributed by atoms with E-state index in [1.54, 1.807) is 17.6 Å². The first-order valence-corrected chi connectivity index (χ1v) is 9.11. The predicted octanol–water partition coefficient (Wildman–Crippen LogP) is 0.731. The van der Waals surface area contributed by atoms with Crippen molar-refractivity contribution in [2.75, 3.05) is 32.1 Å². The van der Waals surface area contributed by atoms with E-state index in [0.29, 0.717) is 38.5 Å². The van der Waals surface area contributed by atoms with E-state index in [9.17, 15) is 8.42 Å². The van der Waals surface area contributed by atoms with Crippen LogP contribution < -0.4 is 0 Å². The standard InChI is InChI=1S/C14H21N3O3S/c1-2-21(18,19)17-6-3-12-13(4-7-17)15-10-16-14(12)11-5-8-20-9-11/h10-11H,2-9H2,1H3/t11-/m1/s1. The van der Waals surface area contributed by atoms with E-state index >= 15 is 0 Å². The summed E-state index contributed by atoms with van der Waals surface area (Å²) >= 11 is 0. The van der Waals surface area contributed by atoms with Gasteiger partial charge in [-0.05, 0) is 25.3 Å². The van der Waals surface area contributed by atoms with Gasteiger partial charge in [0.1, 0.15) is 6.33 Å². The van der Waals surface area contributed by atoms with Crippen LogP contribution in [0.2, 0.25) is 0 Å². The summed E-state index contributed by atoms with van der Waals surface area (Å²) in [6, 6.07) is 0. The molecule has 6 nitrogen and oxygen atoms in total. The van der Waals surface area contributed by atoms with Crippen LogP contribution in [-0.4, -0.2) is 54.7 Å². The molecule has 0 N–H and O–H groups in total. The molecule has 0 radical (unpaired) electrons. The predicted molar refractivity (Wildman–Crippen MR) is 78.7 cm³/mol. The third-order valence-corrected chi connectivity index (χ3v) is 6.23. The molecule has 1 atom stereocenters. The maximum absolute atomic E-state index is 12.1. The van der Waals surface area contributed by atoms with Gasteiger partial charge in [-0.1, -0.05) is 0 Å². The molecule has 1 saturated heterocycles. The van der Waals surface area contributed by atoms with Crippen molar-refractivity contribution in [2.45, 2.75) is 32.1 Å². The molecular weight excluding hydrogens is 290 g/mol. The van der Waals surface area contributed by atoms with Gasteiger partial charge in [0.05, 0.1) is 18.1 Å². The number of hydrogen-bond acceptors (Lipinski definition) is 5.